The molecule has 0 aromatic heterocycles. The van der Waals surface area contributed by atoms with Gasteiger partial charge in [-0.25, -0.2) is 0 Å². The number of hydrogen-bond acceptors (Lipinski definition) is 3. The van der Waals surface area contributed by atoms with Crippen molar-refractivity contribution in [3.05, 3.63) is 58.7 Å². The van der Waals surface area contributed by atoms with Crippen LogP contribution in [-0.4, -0.2) is 11.3 Å². The molecule has 0 aliphatic heterocycles. The summed E-state index contributed by atoms with van der Waals surface area (Å²) < 4.78 is 17.9. The molecule has 0 radical (unpaired) electrons. The molecular weight excluding hydrogens is 282 g/mol. The van der Waals surface area contributed by atoms with Crippen molar-refractivity contribution < 1.29 is 8.95 Å². The van der Waals surface area contributed by atoms with Gasteiger partial charge < -0.3 is 10.5 Å². The first kappa shape index (κ1) is 15.7. The molecule has 4 heteroatoms. The second kappa shape index (κ2) is 6.87. The van der Waals surface area contributed by atoms with Crippen LogP contribution >= 0.6 is 0 Å². The van der Waals surface area contributed by atoms with Gasteiger partial charge in [0.15, 0.2) is 0 Å². The number of benzene rings is 2. The van der Waals surface area contributed by atoms with Crippen LogP contribution in [0.3, 0.4) is 0 Å². The standard InChI is InChI=1S/C17H21NO2S/c1-12-4-5-13(2)17(8-12)21(19)11-14-6-7-15(10-18)16(9-14)20-3/h4-9H,10-11,18H2,1-3H3. The van der Waals surface area contributed by atoms with E-state index in [4.69, 9.17) is 10.5 Å². The summed E-state index contributed by atoms with van der Waals surface area (Å²) >= 11 is 0. The van der Waals surface area contributed by atoms with Gasteiger partial charge in [0.25, 0.3) is 0 Å². The van der Waals surface area contributed by atoms with Crippen LogP contribution in [0.5, 0.6) is 5.75 Å². The average molecular weight is 303 g/mol. The van der Waals surface area contributed by atoms with Crippen molar-refractivity contribution in [2.45, 2.75) is 31.0 Å². The van der Waals surface area contributed by atoms with Crippen molar-refractivity contribution in [1.82, 2.24) is 0 Å². The number of hydrogen-bond donors (Lipinski definition) is 1. The molecule has 21 heavy (non-hydrogen) atoms. The molecule has 0 aliphatic carbocycles. The predicted molar refractivity (Wildman–Crippen MR) is 86.9 cm³/mol. The van der Waals surface area contributed by atoms with E-state index in [2.05, 4.69) is 0 Å². The fourth-order valence-electron chi connectivity index (χ4n) is 2.23. The summed E-state index contributed by atoms with van der Waals surface area (Å²) in [6.45, 7) is 4.44. The predicted octanol–water partition coefficient (Wildman–Crippen LogP) is 3.08. The third kappa shape index (κ3) is 3.71. The number of rotatable bonds is 5. The summed E-state index contributed by atoms with van der Waals surface area (Å²) in [5.74, 6) is 1.24. The summed E-state index contributed by atoms with van der Waals surface area (Å²) in [5, 5.41) is 0. The highest BCUT2D eigenvalue weighted by molar-refractivity contribution is 7.84. The highest BCUT2D eigenvalue weighted by Crippen LogP contribution is 2.23. The van der Waals surface area contributed by atoms with Gasteiger partial charge in [-0.2, -0.15) is 0 Å². The van der Waals surface area contributed by atoms with Gasteiger partial charge in [0.2, 0.25) is 0 Å². The first-order valence-electron chi connectivity index (χ1n) is 6.86. The monoisotopic (exact) mass is 303 g/mol. The smallest absolute Gasteiger partial charge is 0.123 e. The van der Waals surface area contributed by atoms with Gasteiger partial charge in [-0.15, -0.1) is 0 Å². The Hall–Kier alpha value is -1.65. The summed E-state index contributed by atoms with van der Waals surface area (Å²) in [5.41, 5.74) is 9.80. The quantitative estimate of drug-likeness (QED) is 0.923. The van der Waals surface area contributed by atoms with Gasteiger partial charge >= 0.3 is 0 Å². The molecular formula is C17H21NO2S. The Morgan fingerprint density at radius 1 is 1.14 bits per heavy atom. The highest BCUT2D eigenvalue weighted by atomic mass is 32.2. The molecule has 2 N–H and O–H groups in total. The van der Waals surface area contributed by atoms with Gasteiger partial charge in [-0.3, -0.25) is 4.21 Å². The van der Waals surface area contributed by atoms with Crippen LogP contribution in [0.25, 0.3) is 0 Å². The van der Waals surface area contributed by atoms with Crippen molar-refractivity contribution in [1.29, 1.82) is 0 Å². The zero-order valence-corrected chi connectivity index (χ0v) is 13.5. The Balaban J connectivity index is 2.25. The van der Waals surface area contributed by atoms with Crippen molar-refractivity contribution in [2.75, 3.05) is 7.11 Å². The van der Waals surface area contributed by atoms with E-state index in [0.29, 0.717) is 12.3 Å². The van der Waals surface area contributed by atoms with E-state index in [1.54, 1.807) is 7.11 Å². The Morgan fingerprint density at radius 2 is 1.90 bits per heavy atom. The molecule has 2 aromatic carbocycles. The summed E-state index contributed by atoms with van der Waals surface area (Å²) in [7, 11) is 0.563. The van der Waals surface area contributed by atoms with Crippen LogP contribution in [0.4, 0.5) is 0 Å². The molecule has 0 bridgehead atoms. The van der Waals surface area contributed by atoms with E-state index in [-0.39, 0.29) is 0 Å². The molecule has 0 spiro atoms. The van der Waals surface area contributed by atoms with Crippen molar-refractivity contribution in [3.8, 4) is 5.75 Å². The van der Waals surface area contributed by atoms with Crippen LogP contribution in [0.2, 0.25) is 0 Å². The van der Waals surface area contributed by atoms with E-state index in [0.717, 1.165) is 32.9 Å². The molecule has 0 heterocycles. The molecule has 0 saturated heterocycles. The Kier molecular flexibility index (Phi) is 5.15. The maximum absolute atomic E-state index is 12.6. The molecule has 3 nitrogen and oxygen atoms in total. The van der Waals surface area contributed by atoms with Gasteiger partial charge in [-0.05, 0) is 42.7 Å². The second-order valence-electron chi connectivity index (χ2n) is 5.11. The lowest BCUT2D eigenvalue weighted by Crippen LogP contribution is -2.03. The molecule has 1 unspecified atom stereocenters. The first-order valence-corrected chi connectivity index (χ1v) is 8.18. The lowest BCUT2D eigenvalue weighted by atomic mass is 10.1. The maximum atomic E-state index is 12.6. The molecule has 0 saturated carbocycles. The van der Waals surface area contributed by atoms with E-state index < -0.39 is 10.8 Å². The molecule has 0 fully saturated rings. The second-order valence-corrected chi connectivity index (χ2v) is 6.53. The van der Waals surface area contributed by atoms with Crippen molar-refractivity contribution in [2.24, 2.45) is 5.73 Å². The van der Waals surface area contributed by atoms with Crippen LogP contribution < -0.4 is 10.5 Å². The SMILES string of the molecule is COc1cc(CS(=O)c2cc(C)ccc2C)ccc1CN. The lowest BCUT2D eigenvalue weighted by molar-refractivity contribution is 0.409. The minimum Gasteiger partial charge on any atom is -0.496 e. The van der Waals surface area contributed by atoms with Crippen molar-refractivity contribution in [3.63, 3.8) is 0 Å². The lowest BCUT2D eigenvalue weighted by Gasteiger charge is -2.10. The summed E-state index contributed by atoms with van der Waals surface area (Å²) in [4.78, 5) is 0.900. The Labute approximate surface area is 128 Å². The summed E-state index contributed by atoms with van der Waals surface area (Å²) in [6.07, 6.45) is 0. The third-order valence-corrected chi connectivity index (χ3v) is 4.98. The van der Waals surface area contributed by atoms with Gasteiger partial charge in [0.05, 0.1) is 23.7 Å². The van der Waals surface area contributed by atoms with E-state index >= 15 is 0 Å². The van der Waals surface area contributed by atoms with Crippen LogP contribution in [0.15, 0.2) is 41.3 Å². The molecule has 1 atom stereocenters. The molecule has 2 aromatic rings. The molecule has 112 valence electrons. The number of aryl methyl sites for hydroxylation is 2. The largest absolute Gasteiger partial charge is 0.496 e. The van der Waals surface area contributed by atoms with Crippen LogP contribution in [0, 0.1) is 13.8 Å². The van der Waals surface area contributed by atoms with Crippen LogP contribution in [0.1, 0.15) is 22.3 Å². The van der Waals surface area contributed by atoms with Crippen molar-refractivity contribution >= 4 is 10.8 Å². The molecule has 0 aliphatic rings. The Morgan fingerprint density at radius 3 is 2.57 bits per heavy atom. The zero-order chi connectivity index (χ0) is 15.4. The van der Waals surface area contributed by atoms with E-state index in [9.17, 15) is 4.21 Å². The average Bonchev–Trinajstić information content (AvgIpc) is 2.49. The van der Waals surface area contributed by atoms with Gasteiger partial charge in [-0.1, -0.05) is 24.3 Å². The first-order chi connectivity index (χ1) is 10.0. The highest BCUT2D eigenvalue weighted by Gasteiger charge is 2.10. The fourth-order valence-corrected chi connectivity index (χ4v) is 3.61. The van der Waals surface area contributed by atoms with Gasteiger partial charge in [0, 0.05) is 17.0 Å². The minimum absolute atomic E-state index is 0.434. The minimum atomic E-state index is -1.06. The van der Waals surface area contributed by atoms with E-state index in [1.165, 1.54) is 0 Å². The topological polar surface area (TPSA) is 52.3 Å². The third-order valence-electron chi connectivity index (χ3n) is 3.46. The Bertz CT molecular complexity index is 668. The molecule has 2 rings (SSSR count). The normalized spacial score (nSPS) is 12.2. The van der Waals surface area contributed by atoms with Crippen LogP contribution in [-0.2, 0) is 23.1 Å². The zero-order valence-electron chi connectivity index (χ0n) is 12.7. The van der Waals surface area contributed by atoms with E-state index in [1.807, 2.05) is 50.2 Å². The summed E-state index contributed by atoms with van der Waals surface area (Å²) in [6, 6.07) is 11.9. The maximum Gasteiger partial charge on any atom is 0.123 e. The van der Waals surface area contributed by atoms with Gasteiger partial charge in [0.1, 0.15) is 5.75 Å². The number of ether oxygens (including phenoxy) is 1. The number of methoxy groups -OCH3 is 1. The fraction of sp³-hybridized carbons (Fsp3) is 0.294. The number of nitrogens with two attached hydrogens (primary N) is 1. The molecule has 0 amide bonds.